The number of halogens is 1. The highest BCUT2D eigenvalue weighted by Gasteiger charge is 2.35. The molecule has 0 aromatic heterocycles. The summed E-state index contributed by atoms with van der Waals surface area (Å²) in [7, 11) is 1.43. The van der Waals surface area contributed by atoms with Crippen LogP contribution in [-0.2, 0) is 16.1 Å². The Hall–Kier alpha value is -1.42. The zero-order valence-corrected chi connectivity index (χ0v) is 10.7. The maximum absolute atomic E-state index is 12.8. The molecule has 1 saturated heterocycles. The molecule has 1 aliphatic rings. The summed E-state index contributed by atoms with van der Waals surface area (Å²) < 4.78 is 17.6. The van der Waals surface area contributed by atoms with E-state index in [-0.39, 0.29) is 17.7 Å². The Morgan fingerprint density at radius 3 is 2.67 bits per heavy atom. The Labute approximate surface area is 107 Å². The molecule has 0 N–H and O–H groups in total. The Kier molecular flexibility index (Phi) is 3.97. The van der Waals surface area contributed by atoms with Gasteiger partial charge < -0.3 is 4.74 Å². The van der Waals surface area contributed by atoms with E-state index in [1.165, 1.54) is 19.2 Å². The smallest absolute Gasteiger partial charge is 0.310 e. The molecule has 0 bridgehead atoms. The predicted molar refractivity (Wildman–Crippen MR) is 66.3 cm³/mol. The topological polar surface area (TPSA) is 29.5 Å². The third kappa shape index (κ3) is 2.88. The van der Waals surface area contributed by atoms with Gasteiger partial charge in [-0.2, -0.15) is 0 Å². The van der Waals surface area contributed by atoms with Crippen LogP contribution in [0.15, 0.2) is 24.3 Å². The number of rotatable bonds is 3. The predicted octanol–water partition coefficient (Wildman–Crippen LogP) is 2.07. The Bertz CT molecular complexity index is 418. The van der Waals surface area contributed by atoms with E-state index in [1.807, 2.05) is 0 Å². The van der Waals surface area contributed by atoms with Gasteiger partial charge in [-0.15, -0.1) is 0 Å². The second-order valence-electron chi connectivity index (χ2n) is 4.93. The van der Waals surface area contributed by atoms with Crippen molar-refractivity contribution in [1.29, 1.82) is 0 Å². The molecule has 2 rings (SSSR count). The normalized spacial score (nSPS) is 24.2. The van der Waals surface area contributed by atoms with Gasteiger partial charge in [-0.1, -0.05) is 19.1 Å². The number of carbonyl (C=O) groups is 1. The van der Waals surface area contributed by atoms with Crippen LogP contribution >= 0.6 is 0 Å². The third-order valence-electron chi connectivity index (χ3n) is 3.51. The maximum atomic E-state index is 12.8. The molecule has 1 fully saturated rings. The second-order valence-corrected chi connectivity index (χ2v) is 4.93. The maximum Gasteiger partial charge on any atom is 0.310 e. The average Bonchev–Trinajstić information content (AvgIpc) is 2.72. The van der Waals surface area contributed by atoms with Crippen LogP contribution in [0, 0.1) is 17.7 Å². The van der Waals surface area contributed by atoms with Crippen LogP contribution < -0.4 is 0 Å². The van der Waals surface area contributed by atoms with Crippen LogP contribution in [0.4, 0.5) is 4.39 Å². The molecule has 0 aliphatic carbocycles. The molecule has 2 atom stereocenters. The number of methoxy groups -OCH3 is 1. The minimum Gasteiger partial charge on any atom is -0.469 e. The van der Waals surface area contributed by atoms with Gasteiger partial charge in [0.05, 0.1) is 13.0 Å². The van der Waals surface area contributed by atoms with E-state index >= 15 is 0 Å². The minimum absolute atomic E-state index is 0.0459. The summed E-state index contributed by atoms with van der Waals surface area (Å²) in [5, 5.41) is 0. The van der Waals surface area contributed by atoms with Crippen LogP contribution in [0.5, 0.6) is 0 Å². The molecule has 4 heteroatoms. The van der Waals surface area contributed by atoms with Crippen LogP contribution in [-0.4, -0.2) is 31.1 Å². The number of hydrogen-bond donors (Lipinski definition) is 0. The number of nitrogens with zero attached hydrogens (tertiary/aromatic N) is 1. The second kappa shape index (κ2) is 5.48. The standard InChI is InChI=1S/C14H18FNO2/c1-10-7-16(9-13(10)14(17)18-2)8-11-3-5-12(15)6-4-11/h3-6,10,13H,7-9H2,1-2H3. The van der Waals surface area contributed by atoms with Gasteiger partial charge in [-0.25, -0.2) is 4.39 Å². The Morgan fingerprint density at radius 1 is 1.39 bits per heavy atom. The number of esters is 1. The van der Waals surface area contributed by atoms with Crippen LogP contribution in [0.1, 0.15) is 12.5 Å². The number of benzene rings is 1. The molecule has 98 valence electrons. The first kappa shape index (κ1) is 13.0. The fraction of sp³-hybridized carbons (Fsp3) is 0.500. The van der Waals surface area contributed by atoms with Gasteiger partial charge in [0.15, 0.2) is 0 Å². The fourth-order valence-corrected chi connectivity index (χ4v) is 2.50. The summed E-state index contributed by atoms with van der Waals surface area (Å²) in [5.74, 6) is -0.0987. The summed E-state index contributed by atoms with van der Waals surface area (Å²) in [6, 6.07) is 6.50. The van der Waals surface area contributed by atoms with Crippen molar-refractivity contribution in [2.45, 2.75) is 13.5 Å². The highest BCUT2D eigenvalue weighted by Crippen LogP contribution is 2.25. The summed E-state index contributed by atoms with van der Waals surface area (Å²) in [5.41, 5.74) is 1.06. The van der Waals surface area contributed by atoms with Crippen molar-refractivity contribution in [2.75, 3.05) is 20.2 Å². The van der Waals surface area contributed by atoms with Gasteiger partial charge in [-0.05, 0) is 23.6 Å². The average molecular weight is 251 g/mol. The van der Waals surface area contributed by atoms with Crippen molar-refractivity contribution in [3.05, 3.63) is 35.6 Å². The van der Waals surface area contributed by atoms with E-state index in [9.17, 15) is 9.18 Å². The van der Waals surface area contributed by atoms with Gasteiger partial charge in [0.1, 0.15) is 5.82 Å². The first-order valence-corrected chi connectivity index (χ1v) is 6.14. The SMILES string of the molecule is COC(=O)C1CN(Cc2ccc(F)cc2)CC1C. The number of ether oxygens (including phenoxy) is 1. The van der Waals surface area contributed by atoms with Crippen LogP contribution in [0.25, 0.3) is 0 Å². The first-order valence-electron chi connectivity index (χ1n) is 6.14. The lowest BCUT2D eigenvalue weighted by atomic mass is 9.99. The Morgan fingerprint density at radius 2 is 2.06 bits per heavy atom. The summed E-state index contributed by atoms with van der Waals surface area (Å²) in [6.45, 7) is 4.40. The molecule has 0 spiro atoms. The lowest BCUT2D eigenvalue weighted by Gasteiger charge is -2.15. The van der Waals surface area contributed by atoms with Crippen molar-refractivity contribution >= 4 is 5.97 Å². The van der Waals surface area contributed by atoms with Gasteiger partial charge >= 0.3 is 5.97 Å². The molecule has 2 unspecified atom stereocenters. The van der Waals surface area contributed by atoms with Crippen molar-refractivity contribution < 1.29 is 13.9 Å². The van der Waals surface area contributed by atoms with Crippen LogP contribution in [0.3, 0.4) is 0 Å². The minimum atomic E-state index is -0.221. The highest BCUT2D eigenvalue weighted by atomic mass is 19.1. The van der Waals surface area contributed by atoms with E-state index in [0.29, 0.717) is 12.5 Å². The lowest BCUT2D eigenvalue weighted by Crippen LogP contribution is -2.24. The first-order chi connectivity index (χ1) is 8.60. The molecule has 1 heterocycles. The highest BCUT2D eigenvalue weighted by molar-refractivity contribution is 5.73. The number of likely N-dealkylation sites (tertiary alicyclic amines) is 1. The van der Waals surface area contributed by atoms with E-state index in [4.69, 9.17) is 4.74 Å². The van der Waals surface area contributed by atoms with Gasteiger partial charge in [0.25, 0.3) is 0 Å². The molecule has 1 aromatic rings. The molecule has 18 heavy (non-hydrogen) atoms. The molecular weight excluding hydrogens is 233 g/mol. The zero-order chi connectivity index (χ0) is 13.1. The third-order valence-corrected chi connectivity index (χ3v) is 3.51. The molecule has 0 saturated carbocycles. The van der Waals surface area contributed by atoms with Gasteiger partial charge in [-0.3, -0.25) is 9.69 Å². The fourth-order valence-electron chi connectivity index (χ4n) is 2.50. The largest absolute Gasteiger partial charge is 0.469 e. The molecule has 1 aliphatic heterocycles. The quantitative estimate of drug-likeness (QED) is 0.770. The molecular formula is C14H18FNO2. The van der Waals surface area contributed by atoms with Gasteiger partial charge in [0, 0.05) is 19.6 Å². The zero-order valence-electron chi connectivity index (χ0n) is 10.7. The lowest BCUT2D eigenvalue weighted by molar-refractivity contribution is -0.146. The van der Waals surface area contributed by atoms with E-state index < -0.39 is 0 Å². The van der Waals surface area contributed by atoms with E-state index in [2.05, 4.69) is 11.8 Å². The molecule has 0 radical (unpaired) electrons. The van der Waals surface area contributed by atoms with Crippen molar-refractivity contribution in [3.63, 3.8) is 0 Å². The Balaban J connectivity index is 1.96. The van der Waals surface area contributed by atoms with Crippen molar-refractivity contribution in [1.82, 2.24) is 4.90 Å². The van der Waals surface area contributed by atoms with E-state index in [0.717, 1.165) is 18.7 Å². The summed E-state index contributed by atoms with van der Waals surface area (Å²) >= 11 is 0. The number of hydrogen-bond acceptors (Lipinski definition) is 3. The van der Waals surface area contributed by atoms with E-state index in [1.54, 1.807) is 12.1 Å². The summed E-state index contributed by atoms with van der Waals surface area (Å²) in [6.07, 6.45) is 0. The monoisotopic (exact) mass is 251 g/mol. The van der Waals surface area contributed by atoms with Crippen molar-refractivity contribution in [2.24, 2.45) is 11.8 Å². The van der Waals surface area contributed by atoms with Gasteiger partial charge in [0.2, 0.25) is 0 Å². The number of carbonyl (C=O) groups excluding carboxylic acids is 1. The van der Waals surface area contributed by atoms with Crippen LogP contribution in [0.2, 0.25) is 0 Å². The molecule has 1 aromatic carbocycles. The molecule has 0 amide bonds. The summed E-state index contributed by atoms with van der Waals surface area (Å²) in [4.78, 5) is 13.8. The molecule has 3 nitrogen and oxygen atoms in total. The van der Waals surface area contributed by atoms with Crippen molar-refractivity contribution in [3.8, 4) is 0 Å².